The maximum Gasteiger partial charge on any atom is 0.0922 e. The van der Waals surface area contributed by atoms with Crippen LogP contribution in [0.25, 0.3) is 0 Å². The van der Waals surface area contributed by atoms with E-state index in [4.69, 9.17) is 0 Å². The van der Waals surface area contributed by atoms with Crippen LogP contribution in [0.3, 0.4) is 0 Å². The quantitative estimate of drug-likeness (QED) is 0.776. The molecule has 0 heterocycles. The van der Waals surface area contributed by atoms with E-state index < -0.39 is 5.60 Å². The molecule has 76 valence electrons. The molecule has 0 saturated heterocycles. The first-order valence-corrected chi connectivity index (χ1v) is 5.46. The number of rotatable bonds is 3. The maximum absolute atomic E-state index is 10.6. The summed E-state index contributed by atoms with van der Waals surface area (Å²) in [6.45, 7) is 4.15. The molecule has 0 amide bonds. The van der Waals surface area contributed by atoms with E-state index in [0.29, 0.717) is 5.92 Å². The van der Waals surface area contributed by atoms with Gasteiger partial charge in [-0.2, -0.15) is 0 Å². The van der Waals surface area contributed by atoms with Crippen LogP contribution < -0.4 is 0 Å². The zero-order valence-corrected chi connectivity index (χ0v) is 8.96. The summed E-state index contributed by atoms with van der Waals surface area (Å²) in [6, 6.07) is 8.27. The minimum absolute atomic E-state index is 0.495. The lowest BCUT2D eigenvalue weighted by atomic mass is 9.86. The van der Waals surface area contributed by atoms with Gasteiger partial charge >= 0.3 is 0 Å². The van der Waals surface area contributed by atoms with E-state index in [-0.39, 0.29) is 0 Å². The Morgan fingerprint density at radius 3 is 2.64 bits per heavy atom. The Morgan fingerprint density at radius 1 is 1.43 bits per heavy atom. The molecule has 1 nitrogen and oxygen atoms in total. The lowest BCUT2D eigenvalue weighted by Crippen LogP contribution is -2.27. The number of aliphatic hydroxyl groups is 1. The Labute approximate surface area is 85.8 Å². The zero-order valence-electron chi connectivity index (χ0n) is 8.96. The number of aryl methyl sites for hydroxylation is 1. The van der Waals surface area contributed by atoms with Crippen molar-refractivity contribution in [2.45, 2.75) is 38.7 Å². The van der Waals surface area contributed by atoms with Crippen molar-refractivity contribution in [3.8, 4) is 0 Å². The van der Waals surface area contributed by atoms with E-state index in [1.807, 2.05) is 6.07 Å². The van der Waals surface area contributed by atoms with Crippen molar-refractivity contribution >= 4 is 0 Å². The number of benzene rings is 1. The van der Waals surface area contributed by atoms with Gasteiger partial charge in [0.25, 0.3) is 0 Å². The summed E-state index contributed by atoms with van der Waals surface area (Å²) in [5.74, 6) is 0.495. The van der Waals surface area contributed by atoms with Crippen molar-refractivity contribution in [1.29, 1.82) is 0 Å². The smallest absolute Gasteiger partial charge is 0.0922 e. The largest absolute Gasteiger partial charge is 0.385 e. The van der Waals surface area contributed by atoms with Crippen molar-refractivity contribution in [2.24, 2.45) is 5.92 Å². The molecular weight excluding hydrogens is 172 g/mol. The summed E-state index contributed by atoms with van der Waals surface area (Å²) in [5.41, 5.74) is 1.77. The molecule has 0 aromatic heterocycles. The first kappa shape index (κ1) is 9.72. The van der Waals surface area contributed by atoms with Gasteiger partial charge in [0.05, 0.1) is 5.60 Å². The second-order valence-corrected chi connectivity index (χ2v) is 4.42. The molecule has 1 atom stereocenters. The van der Waals surface area contributed by atoms with Gasteiger partial charge in [-0.05, 0) is 37.7 Å². The van der Waals surface area contributed by atoms with Crippen LogP contribution in [-0.4, -0.2) is 5.11 Å². The molecule has 14 heavy (non-hydrogen) atoms. The predicted octanol–water partition coefficient (Wildman–Crippen LogP) is 3.00. The second kappa shape index (κ2) is 3.39. The van der Waals surface area contributed by atoms with E-state index in [1.165, 1.54) is 18.4 Å². The fourth-order valence-corrected chi connectivity index (χ4v) is 2.20. The van der Waals surface area contributed by atoms with Crippen LogP contribution in [0.2, 0.25) is 0 Å². The molecule has 2 rings (SSSR count). The van der Waals surface area contributed by atoms with Crippen LogP contribution in [0.5, 0.6) is 0 Å². The summed E-state index contributed by atoms with van der Waals surface area (Å²) >= 11 is 0. The predicted molar refractivity (Wildman–Crippen MR) is 58.1 cm³/mol. The first-order valence-electron chi connectivity index (χ1n) is 5.46. The third-order valence-electron chi connectivity index (χ3n) is 3.31. The average molecular weight is 190 g/mol. The number of hydrogen-bond acceptors (Lipinski definition) is 1. The molecule has 0 radical (unpaired) electrons. The number of hydrogen-bond donors (Lipinski definition) is 1. The van der Waals surface area contributed by atoms with Crippen molar-refractivity contribution < 1.29 is 5.11 Å². The maximum atomic E-state index is 10.6. The van der Waals surface area contributed by atoms with E-state index >= 15 is 0 Å². The third-order valence-corrected chi connectivity index (χ3v) is 3.31. The Kier molecular flexibility index (Phi) is 2.36. The highest BCUT2D eigenvalue weighted by Crippen LogP contribution is 2.47. The van der Waals surface area contributed by atoms with Crippen LogP contribution in [0.1, 0.15) is 37.3 Å². The highest BCUT2D eigenvalue weighted by Gasteiger charge is 2.43. The van der Waals surface area contributed by atoms with Gasteiger partial charge in [0.15, 0.2) is 0 Å². The summed E-state index contributed by atoms with van der Waals surface area (Å²) < 4.78 is 0. The molecule has 1 unspecified atom stereocenters. The highest BCUT2D eigenvalue weighted by molar-refractivity contribution is 5.29. The van der Waals surface area contributed by atoms with E-state index in [2.05, 4.69) is 32.0 Å². The van der Waals surface area contributed by atoms with Crippen LogP contribution >= 0.6 is 0 Å². The van der Waals surface area contributed by atoms with Gasteiger partial charge in [0.1, 0.15) is 0 Å². The Balaban J connectivity index is 2.35. The molecule has 0 spiro atoms. The summed E-state index contributed by atoms with van der Waals surface area (Å²) in [6.07, 6.45) is 3.18. The van der Waals surface area contributed by atoms with Gasteiger partial charge in [0.2, 0.25) is 0 Å². The van der Waals surface area contributed by atoms with Gasteiger partial charge in [0, 0.05) is 0 Å². The standard InChI is InChI=1S/C13H18O/c1-3-13(14,11-7-8-11)12-6-4-5-10(2)9-12/h4-6,9,11,14H,3,7-8H2,1-2H3. The monoisotopic (exact) mass is 190 g/mol. The molecule has 1 aromatic carbocycles. The normalized spacial score (nSPS) is 20.5. The van der Waals surface area contributed by atoms with Crippen molar-refractivity contribution in [1.82, 2.24) is 0 Å². The molecule has 1 aromatic rings. The van der Waals surface area contributed by atoms with Crippen molar-refractivity contribution in [3.63, 3.8) is 0 Å². The SMILES string of the molecule is CCC(O)(c1cccc(C)c1)C1CC1. The third kappa shape index (κ3) is 1.57. The van der Waals surface area contributed by atoms with Crippen LogP contribution in [0, 0.1) is 12.8 Å². The van der Waals surface area contributed by atoms with Crippen molar-refractivity contribution in [2.75, 3.05) is 0 Å². The molecule has 1 heteroatoms. The molecule has 0 aliphatic heterocycles. The average Bonchev–Trinajstić information content (AvgIpc) is 3.00. The van der Waals surface area contributed by atoms with E-state index in [1.54, 1.807) is 0 Å². The topological polar surface area (TPSA) is 20.2 Å². The zero-order chi connectivity index (χ0) is 10.2. The van der Waals surface area contributed by atoms with Gasteiger partial charge in [-0.15, -0.1) is 0 Å². The second-order valence-electron chi connectivity index (χ2n) is 4.42. The van der Waals surface area contributed by atoms with Gasteiger partial charge < -0.3 is 5.11 Å². The van der Waals surface area contributed by atoms with E-state index in [0.717, 1.165) is 12.0 Å². The van der Waals surface area contributed by atoms with E-state index in [9.17, 15) is 5.11 Å². The summed E-state index contributed by atoms with van der Waals surface area (Å²) in [5, 5.41) is 10.6. The van der Waals surface area contributed by atoms with Crippen LogP contribution in [0.4, 0.5) is 0 Å². The summed E-state index contributed by atoms with van der Waals surface area (Å²) in [4.78, 5) is 0. The molecule has 0 bridgehead atoms. The molecule has 1 saturated carbocycles. The van der Waals surface area contributed by atoms with Gasteiger partial charge in [-0.25, -0.2) is 0 Å². The lowest BCUT2D eigenvalue weighted by molar-refractivity contribution is 0.00885. The van der Waals surface area contributed by atoms with Gasteiger partial charge in [-0.1, -0.05) is 36.8 Å². The van der Waals surface area contributed by atoms with Gasteiger partial charge in [-0.3, -0.25) is 0 Å². The first-order chi connectivity index (χ1) is 6.66. The minimum atomic E-state index is -0.563. The molecule has 1 aliphatic rings. The Morgan fingerprint density at radius 2 is 2.14 bits per heavy atom. The highest BCUT2D eigenvalue weighted by atomic mass is 16.3. The molecular formula is C13H18O. The fourth-order valence-electron chi connectivity index (χ4n) is 2.20. The van der Waals surface area contributed by atoms with Crippen LogP contribution in [0.15, 0.2) is 24.3 Å². The summed E-state index contributed by atoms with van der Waals surface area (Å²) in [7, 11) is 0. The molecule has 1 fully saturated rings. The Bertz CT molecular complexity index is 328. The molecule has 1 N–H and O–H groups in total. The minimum Gasteiger partial charge on any atom is -0.385 e. The Hall–Kier alpha value is -0.820. The fraction of sp³-hybridized carbons (Fsp3) is 0.538. The molecule has 1 aliphatic carbocycles. The van der Waals surface area contributed by atoms with Crippen molar-refractivity contribution in [3.05, 3.63) is 35.4 Å². The lowest BCUT2D eigenvalue weighted by Gasteiger charge is -2.27. The van der Waals surface area contributed by atoms with Crippen LogP contribution in [-0.2, 0) is 5.60 Å².